The zero-order valence-corrected chi connectivity index (χ0v) is 65.0. The Kier molecular flexibility index (Phi) is 41.4. The molecule has 18 nitrogen and oxygen atoms in total. The molecule has 0 spiro atoms. The number of aliphatic imine (C=N–C) groups is 2. The average molecular weight is 1820 g/mol. The van der Waals surface area contributed by atoms with E-state index < -0.39 is 42.0 Å². The van der Waals surface area contributed by atoms with E-state index >= 15 is 0 Å². The SMILES string of the molecule is BrC1=CN=CC1.Brc1cccc(Br)c1.C.CC(=O)N(C)C.CI.CI.C[n+]1ccn(-c2cccc(-n3cc[n+](C)c3)c2)c1.Cn1cnc(-c2ccc(F)cc2F)c1.Fc1ccc(C2=CCC=N2)c(F)c1.OB(O)c1ccc(F)cc1F.c1c[nH]cn1.c1cc(-n2ccnc2)cc(-n2ccnc2)c1. The molecule has 30 heteroatoms. The van der Waals surface area contributed by atoms with Crippen LogP contribution in [-0.2, 0) is 25.9 Å². The fourth-order valence-corrected chi connectivity index (χ4v) is 9.23. The summed E-state index contributed by atoms with van der Waals surface area (Å²) in [4.78, 5) is 41.8. The average Bonchev–Trinajstić information content (AvgIpc) is 1.71. The minimum Gasteiger partial charge on any atom is -0.423 e. The molecule has 0 bridgehead atoms. The van der Waals surface area contributed by atoms with Crippen molar-refractivity contribution in [2.75, 3.05) is 24.0 Å². The van der Waals surface area contributed by atoms with Gasteiger partial charge in [-0.3, -0.25) is 14.8 Å². The van der Waals surface area contributed by atoms with Crippen LogP contribution in [0.15, 0.2) is 269 Å². The number of amides is 1. The summed E-state index contributed by atoms with van der Waals surface area (Å²) >= 11 is 14.2. The van der Waals surface area contributed by atoms with E-state index in [1.165, 1.54) is 40.6 Å². The molecule has 102 heavy (non-hydrogen) atoms. The molecular weight excluding hydrogens is 1740 g/mol. The number of carbonyl (C=O) groups is 1. The second-order valence-electron chi connectivity index (χ2n) is 20.5. The standard InChI is InChI=1S/C14H16N4.C12H10N4.C10H8F2N2.C10H7F2N.C6H5BF2O2.C6H4Br2.C4H4BrN.C4H9NO.C3H4N2.2CH3I.CH4/c1-15-6-8-17(11-15)13-4-3-5-14(10-13)18-9-7-16(2)12-18;1-2-11(15-6-4-13-9-15)8-12(3-1)16-7-5-14-10-16;1-14-5-10(13-6-14)8-3-2-7(11)4-9(8)12;11-7-3-4-8(9(12)6-7)10-2-1-5-13-10;8-4-1-2-5(7(10)11)6(9)3-4;7-5-2-1-3-6(8)4-5;5-4-1-2-6-3-4;1-4(6)5(2)3;1-2-5-3-4-1;2*1-2;/h3-12H,1-2H3;1-10H;2-6H,1H3;2-6H,1H2;1-3,10-11H;1-4H;2-3H,1H2;1-3H3;1-3H,(H,4,5);2*1H3;1H4/q+2;;;;;;;;;;;. The molecule has 536 valence electrons. The summed E-state index contributed by atoms with van der Waals surface area (Å²) < 4.78 is 93.6. The monoisotopic (exact) mass is 1820 g/mol. The zero-order valence-electron chi connectivity index (χ0n) is 56.0. The maximum Gasteiger partial charge on any atom is 0.491 e. The number of aromatic nitrogens is 12. The molecule has 14 rings (SSSR count). The van der Waals surface area contributed by atoms with E-state index in [-0.39, 0.29) is 18.8 Å². The van der Waals surface area contributed by atoms with Gasteiger partial charge in [0.2, 0.25) is 18.6 Å². The van der Waals surface area contributed by atoms with Crippen molar-refractivity contribution in [3.05, 3.63) is 300 Å². The van der Waals surface area contributed by atoms with E-state index in [9.17, 15) is 31.1 Å². The van der Waals surface area contributed by atoms with Crippen molar-refractivity contribution < 1.29 is 50.3 Å². The van der Waals surface area contributed by atoms with Crippen LogP contribution in [0.25, 0.3) is 39.7 Å². The number of nitrogens with zero attached hydrogens (tertiary/aromatic N) is 14. The normalized spacial score (nSPS) is 10.7. The van der Waals surface area contributed by atoms with Crippen molar-refractivity contribution in [1.29, 1.82) is 0 Å². The predicted molar refractivity (Wildman–Crippen MR) is 422 cm³/mol. The summed E-state index contributed by atoms with van der Waals surface area (Å²) in [6.07, 6.45) is 40.4. The van der Waals surface area contributed by atoms with Crippen molar-refractivity contribution in [2.45, 2.75) is 27.2 Å². The van der Waals surface area contributed by atoms with Crippen LogP contribution in [0, 0.1) is 34.9 Å². The third-order valence-corrected chi connectivity index (χ3v) is 14.3. The first-order valence-corrected chi connectivity index (χ1v) is 36.5. The second kappa shape index (κ2) is 48.3. The quantitative estimate of drug-likeness (QED) is 0.0466. The zero-order chi connectivity index (χ0) is 74.2. The van der Waals surface area contributed by atoms with Gasteiger partial charge < -0.3 is 33.6 Å². The molecule has 3 N–H and O–H groups in total. The van der Waals surface area contributed by atoms with Gasteiger partial charge in [0.1, 0.15) is 71.1 Å². The lowest BCUT2D eigenvalue weighted by atomic mass is 9.80. The van der Waals surface area contributed by atoms with Crippen molar-refractivity contribution in [3.63, 3.8) is 0 Å². The van der Waals surface area contributed by atoms with Gasteiger partial charge in [0, 0.05) is 169 Å². The molecular formula is C72H77BBr3F6I2N15O3+2. The number of carbonyl (C=O) groups excluding carboxylic acids is 1. The highest BCUT2D eigenvalue weighted by molar-refractivity contribution is 14.1. The summed E-state index contributed by atoms with van der Waals surface area (Å²) in [5.41, 5.74) is 5.91. The highest BCUT2D eigenvalue weighted by Gasteiger charge is 2.17. The molecule has 0 atom stereocenters. The number of H-pyrrole nitrogens is 1. The summed E-state index contributed by atoms with van der Waals surface area (Å²) in [6, 6.07) is 34.1. The first kappa shape index (κ1) is 87.6. The Labute approximate surface area is 643 Å². The molecule has 8 heterocycles. The lowest BCUT2D eigenvalue weighted by Crippen LogP contribution is -2.32. The molecule has 12 aromatic rings. The van der Waals surface area contributed by atoms with E-state index in [1.54, 1.807) is 100 Å². The Morgan fingerprint density at radius 3 is 1.40 bits per heavy atom. The number of aromatic amines is 1. The van der Waals surface area contributed by atoms with Gasteiger partial charge in [0.05, 0.1) is 50.8 Å². The van der Waals surface area contributed by atoms with E-state index in [0.717, 1.165) is 62.4 Å². The van der Waals surface area contributed by atoms with Crippen LogP contribution in [0.2, 0.25) is 0 Å². The molecule has 6 aromatic heterocycles. The lowest BCUT2D eigenvalue weighted by Gasteiger charge is -2.06. The number of imidazole rings is 6. The molecule has 1 amide bonds. The fourth-order valence-electron chi connectivity index (χ4n) is 7.86. The third-order valence-electron chi connectivity index (χ3n) is 12.8. The molecule has 2 aliphatic rings. The molecule has 0 saturated carbocycles. The highest BCUT2D eigenvalue weighted by Crippen LogP contribution is 2.24. The van der Waals surface area contributed by atoms with Crippen LogP contribution in [0.5, 0.6) is 0 Å². The van der Waals surface area contributed by atoms with E-state index in [2.05, 4.69) is 192 Å². The van der Waals surface area contributed by atoms with Gasteiger partial charge in [-0.05, 0) is 88.7 Å². The number of rotatable bonds is 7. The number of aryl methyl sites for hydroxylation is 3. The van der Waals surface area contributed by atoms with Crippen LogP contribution in [0.3, 0.4) is 0 Å². The third kappa shape index (κ3) is 32.1. The van der Waals surface area contributed by atoms with E-state index in [1.807, 2.05) is 116 Å². The number of hydrogen-bond acceptors (Lipinski definition) is 9. The first-order valence-electron chi connectivity index (χ1n) is 29.8. The minimum atomic E-state index is -1.89. The van der Waals surface area contributed by atoms with Gasteiger partial charge in [0.25, 0.3) is 0 Å². The molecule has 0 radical (unpaired) electrons. The van der Waals surface area contributed by atoms with Crippen LogP contribution in [0.4, 0.5) is 26.3 Å². The number of alkyl halides is 2. The molecule has 0 unspecified atom stereocenters. The Morgan fingerprint density at radius 1 is 0.608 bits per heavy atom. The summed E-state index contributed by atoms with van der Waals surface area (Å²) in [7, 11) is 7.39. The Bertz CT molecular complexity index is 4360. The van der Waals surface area contributed by atoms with E-state index in [0.29, 0.717) is 35.0 Å². The van der Waals surface area contributed by atoms with Crippen molar-refractivity contribution in [3.8, 4) is 34.0 Å². The number of hydrogen-bond donors (Lipinski definition) is 3. The minimum absolute atomic E-state index is 0. The Morgan fingerprint density at radius 2 is 1.09 bits per heavy atom. The smallest absolute Gasteiger partial charge is 0.423 e. The Hall–Kier alpha value is -8.67. The lowest BCUT2D eigenvalue weighted by molar-refractivity contribution is -0.670. The maximum atomic E-state index is 13.3. The highest BCUT2D eigenvalue weighted by atomic mass is 127. The number of allylic oxidation sites excluding steroid dienone is 2. The Balaban J connectivity index is 0.000000303. The van der Waals surface area contributed by atoms with Gasteiger partial charge in [-0.2, -0.15) is 0 Å². The van der Waals surface area contributed by atoms with Gasteiger partial charge in [0.15, 0.2) is 0 Å². The van der Waals surface area contributed by atoms with Crippen LogP contribution >= 0.6 is 93.0 Å². The van der Waals surface area contributed by atoms with E-state index in [4.69, 9.17) is 10.0 Å². The van der Waals surface area contributed by atoms with Gasteiger partial charge in [-0.15, -0.1) is 0 Å². The van der Waals surface area contributed by atoms with Gasteiger partial charge in [-0.25, -0.2) is 64.5 Å². The summed E-state index contributed by atoms with van der Waals surface area (Å²) in [5, 5.41) is 17.0. The van der Waals surface area contributed by atoms with Crippen molar-refractivity contribution in [1.82, 2.24) is 52.7 Å². The molecule has 0 saturated heterocycles. The first-order chi connectivity index (χ1) is 48.5. The summed E-state index contributed by atoms with van der Waals surface area (Å²) in [5.74, 6) is -3.91. The van der Waals surface area contributed by atoms with Crippen LogP contribution in [-0.4, -0.2) is 112 Å². The molecule has 6 aromatic carbocycles. The summed E-state index contributed by atoms with van der Waals surface area (Å²) in [6.45, 7) is 1.53. The number of halogens is 11. The van der Waals surface area contributed by atoms with Crippen LogP contribution < -0.4 is 14.6 Å². The molecule has 0 fully saturated rings. The topological polar surface area (TPSA) is 185 Å². The number of nitrogens with one attached hydrogen (secondary N) is 1. The molecule has 0 aliphatic carbocycles. The molecule has 2 aliphatic heterocycles. The van der Waals surface area contributed by atoms with Gasteiger partial charge in [-0.1, -0.05) is 131 Å². The largest absolute Gasteiger partial charge is 0.491 e. The maximum absolute atomic E-state index is 13.3. The van der Waals surface area contributed by atoms with Crippen LogP contribution in [0.1, 0.15) is 32.8 Å². The van der Waals surface area contributed by atoms with Crippen molar-refractivity contribution in [2.24, 2.45) is 31.1 Å². The predicted octanol–water partition coefficient (Wildman–Crippen LogP) is 15.9. The second-order valence-corrected chi connectivity index (χ2v) is 23.4. The van der Waals surface area contributed by atoms with Crippen molar-refractivity contribution >= 4 is 130 Å². The number of benzene rings is 6. The van der Waals surface area contributed by atoms with Gasteiger partial charge >= 0.3 is 7.12 Å². The fraction of sp³-hybridized carbons (Fsp3) is 0.153.